The number of likely N-dealkylation sites (N-methyl/N-ethyl adjacent to an activating group) is 1. The van der Waals surface area contributed by atoms with Gasteiger partial charge in [0, 0.05) is 46.8 Å². The predicted octanol–water partition coefficient (Wildman–Crippen LogP) is 5.71. The number of hydrogen-bond acceptors (Lipinski definition) is 16. The monoisotopic (exact) mass is 1100 g/mol. The van der Waals surface area contributed by atoms with E-state index >= 15 is 0 Å². The molecule has 21 heteroatoms. The number of benzene rings is 2. The SMILES string of the molecule is COCO[C@@H]([C@H](C)CO)[C@@H](OC(=O)[C@H]1CCCC(NC(=O)[C@@H](NC(=O)OC(C)(C)C)[C@@H](C)OC(=O)[C@H](Cc2ccc(OC)cc2)N(C)C(=O)[C@@H]2CCCN2C(=O)[C@H](CC(C)C)NC(=O)OCc2ccccc2)[C@H]1OC)C(C)C. The van der Waals surface area contributed by atoms with E-state index in [1.54, 1.807) is 52.0 Å². The molecule has 5 amide bonds. The van der Waals surface area contributed by atoms with Crippen LogP contribution in [0.5, 0.6) is 5.75 Å². The van der Waals surface area contributed by atoms with E-state index in [0.29, 0.717) is 37.0 Å². The van der Waals surface area contributed by atoms with Crippen LogP contribution in [-0.4, -0.2) is 165 Å². The molecule has 78 heavy (non-hydrogen) atoms. The van der Waals surface area contributed by atoms with Crippen LogP contribution in [0, 0.1) is 23.7 Å². The number of ether oxygens (including phenoxy) is 8. The average molecular weight is 1100 g/mol. The van der Waals surface area contributed by atoms with E-state index in [2.05, 4.69) is 16.0 Å². The van der Waals surface area contributed by atoms with Crippen LogP contribution in [0.1, 0.15) is 112 Å². The van der Waals surface area contributed by atoms with Crippen molar-refractivity contribution in [3.05, 3.63) is 65.7 Å². The normalized spacial score (nSPS) is 20.2. The molecule has 2 fully saturated rings. The Bertz CT molecular complexity index is 2240. The number of nitrogens with zero attached hydrogens (tertiary/aromatic N) is 2. The summed E-state index contributed by atoms with van der Waals surface area (Å²) in [6, 6.07) is 10.3. The molecule has 1 saturated carbocycles. The Hall–Kier alpha value is -6.03. The number of aliphatic hydroxyl groups is 1. The number of methoxy groups -OCH3 is 3. The molecule has 4 N–H and O–H groups in total. The Morgan fingerprint density at radius 2 is 1.49 bits per heavy atom. The fraction of sp³-hybridized carbons (Fsp3) is 0.667. The van der Waals surface area contributed by atoms with E-state index in [4.69, 9.17) is 37.9 Å². The molecule has 436 valence electrons. The lowest BCUT2D eigenvalue weighted by Gasteiger charge is -2.39. The molecule has 2 aromatic rings. The Kier molecular flexibility index (Phi) is 25.6. The molecule has 1 aliphatic carbocycles. The van der Waals surface area contributed by atoms with E-state index < -0.39 is 114 Å². The number of carbonyl (C=O) groups is 7. The van der Waals surface area contributed by atoms with Gasteiger partial charge in [0.1, 0.15) is 67.2 Å². The van der Waals surface area contributed by atoms with Gasteiger partial charge in [-0.15, -0.1) is 0 Å². The molecule has 1 unspecified atom stereocenters. The van der Waals surface area contributed by atoms with Gasteiger partial charge in [-0.2, -0.15) is 0 Å². The van der Waals surface area contributed by atoms with Gasteiger partial charge in [0.2, 0.25) is 17.7 Å². The molecule has 0 aromatic heterocycles. The molecule has 0 bridgehead atoms. The third-order valence-corrected chi connectivity index (χ3v) is 13.9. The lowest BCUT2D eigenvalue weighted by atomic mass is 9.82. The predicted molar refractivity (Wildman–Crippen MR) is 287 cm³/mol. The van der Waals surface area contributed by atoms with Crippen LogP contribution < -0.4 is 20.7 Å². The number of rotatable bonds is 27. The fourth-order valence-electron chi connectivity index (χ4n) is 9.81. The maximum Gasteiger partial charge on any atom is 0.408 e. The third kappa shape index (κ3) is 19.1. The number of likely N-dealkylation sites (tertiary alicyclic amines) is 1. The van der Waals surface area contributed by atoms with Crippen molar-refractivity contribution >= 4 is 41.8 Å². The molecule has 0 radical (unpaired) electrons. The molecule has 2 aromatic carbocycles. The van der Waals surface area contributed by atoms with Crippen LogP contribution in [0.2, 0.25) is 0 Å². The average Bonchev–Trinajstić information content (AvgIpc) is 3.91. The number of amides is 5. The second-order valence-corrected chi connectivity index (χ2v) is 22.1. The molecule has 0 spiro atoms. The van der Waals surface area contributed by atoms with Gasteiger partial charge in [0.25, 0.3) is 0 Å². The lowest BCUT2D eigenvalue weighted by Crippen LogP contribution is -2.60. The number of alkyl carbamates (subject to hydrolysis) is 2. The summed E-state index contributed by atoms with van der Waals surface area (Å²) in [6.45, 7) is 15.6. The first-order chi connectivity index (χ1) is 36.9. The molecule has 4 rings (SSSR count). The Morgan fingerprint density at radius 1 is 0.808 bits per heavy atom. The molecule has 2 aliphatic rings. The van der Waals surface area contributed by atoms with Gasteiger partial charge in [-0.1, -0.05) is 83.5 Å². The van der Waals surface area contributed by atoms with Crippen molar-refractivity contribution in [3.63, 3.8) is 0 Å². The van der Waals surface area contributed by atoms with Crippen LogP contribution in [-0.2, 0) is 70.2 Å². The van der Waals surface area contributed by atoms with Crippen molar-refractivity contribution in [2.24, 2.45) is 23.7 Å². The van der Waals surface area contributed by atoms with E-state index in [1.807, 2.05) is 58.0 Å². The standard InChI is InChI=1S/C57H87N5O16/c1-34(2)29-43(59-55(69)74-32-39-19-15-14-16-20-39)51(65)62-28-18-23-44(62)52(66)61(10)45(30-38-24-26-40(72-12)27-25-38)54(68)76-37(6)46(60-56(70)78-57(7,8)9)50(64)58-42-22-17-21-41(49(42)73-13)53(67)77-47(35(3)4)48(36(5)31-63)75-33-71-11/h14-16,19-20,24-27,34-37,41-49,63H,17-18,21-23,28-33H2,1-13H3,(H,58,64)(H,59,69)(H,60,70)/t36-,37-,41+,42?,43+,44+,45+,46+,47+,48+,49+/m1/s1. The summed E-state index contributed by atoms with van der Waals surface area (Å²) in [4.78, 5) is 102. The summed E-state index contributed by atoms with van der Waals surface area (Å²) in [6.07, 6.45) is -3.34. The molecule has 11 atom stereocenters. The van der Waals surface area contributed by atoms with Crippen LogP contribution in [0.15, 0.2) is 54.6 Å². The van der Waals surface area contributed by atoms with Crippen molar-refractivity contribution in [2.45, 2.75) is 174 Å². The van der Waals surface area contributed by atoms with E-state index in [0.717, 1.165) is 5.56 Å². The maximum absolute atomic E-state index is 14.8. The Morgan fingerprint density at radius 3 is 2.08 bits per heavy atom. The van der Waals surface area contributed by atoms with Gasteiger partial charge >= 0.3 is 24.1 Å². The minimum atomic E-state index is -1.58. The van der Waals surface area contributed by atoms with Gasteiger partial charge < -0.3 is 68.8 Å². The lowest BCUT2D eigenvalue weighted by molar-refractivity contribution is -0.188. The Labute approximate surface area is 460 Å². The summed E-state index contributed by atoms with van der Waals surface area (Å²) in [5.41, 5.74) is 0.401. The van der Waals surface area contributed by atoms with Gasteiger partial charge in [0.15, 0.2) is 0 Å². The van der Waals surface area contributed by atoms with Crippen LogP contribution >= 0.6 is 0 Å². The highest BCUT2D eigenvalue weighted by Crippen LogP contribution is 2.32. The highest BCUT2D eigenvalue weighted by Gasteiger charge is 2.46. The number of carbonyl (C=O) groups excluding carboxylic acids is 7. The third-order valence-electron chi connectivity index (χ3n) is 13.9. The zero-order valence-corrected chi connectivity index (χ0v) is 47.9. The summed E-state index contributed by atoms with van der Waals surface area (Å²) in [7, 11) is 5.84. The molecule has 1 aliphatic heterocycles. The quantitative estimate of drug-likeness (QED) is 0.0475. The van der Waals surface area contributed by atoms with Crippen LogP contribution in [0.3, 0.4) is 0 Å². The fourth-order valence-corrected chi connectivity index (χ4v) is 9.81. The second-order valence-electron chi connectivity index (χ2n) is 22.1. The highest BCUT2D eigenvalue weighted by atomic mass is 16.7. The van der Waals surface area contributed by atoms with Gasteiger partial charge in [0.05, 0.1) is 25.2 Å². The molecular weight excluding hydrogens is 1010 g/mol. The topological polar surface area (TPSA) is 256 Å². The Balaban J connectivity index is 1.61. The van der Waals surface area contributed by atoms with E-state index in [-0.39, 0.29) is 57.6 Å². The molecule has 1 heterocycles. The van der Waals surface area contributed by atoms with Gasteiger partial charge in [-0.3, -0.25) is 19.2 Å². The van der Waals surface area contributed by atoms with Gasteiger partial charge in [-0.05, 0) is 94.9 Å². The van der Waals surface area contributed by atoms with Gasteiger partial charge in [-0.25, -0.2) is 14.4 Å². The number of hydrogen-bond donors (Lipinski definition) is 4. The van der Waals surface area contributed by atoms with Crippen molar-refractivity contribution in [1.82, 2.24) is 25.8 Å². The van der Waals surface area contributed by atoms with Crippen molar-refractivity contribution in [1.29, 1.82) is 0 Å². The maximum atomic E-state index is 14.8. The first-order valence-electron chi connectivity index (χ1n) is 27.1. The molecular formula is C57H87N5O16. The van der Waals surface area contributed by atoms with E-state index in [1.165, 1.54) is 45.1 Å². The minimum absolute atomic E-state index is 0.00908. The van der Waals surface area contributed by atoms with Crippen LogP contribution in [0.4, 0.5) is 9.59 Å². The summed E-state index contributed by atoms with van der Waals surface area (Å²) in [5, 5.41) is 18.3. The zero-order valence-electron chi connectivity index (χ0n) is 47.9. The van der Waals surface area contributed by atoms with Crippen molar-refractivity contribution in [2.75, 3.05) is 48.3 Å². The number of aliphatic hydroxyl groups excluding tert-OH is 1. The largest absolute Gasteiger partial charge is 0.497 e. The molecule has 1 saturated heterocycles. The van der Waals surface area contributed by atoms with E-state index in [9.17, 15) is 38.7 Å². The number of esters is 2. The minimum Gasteiger partial charge on any atom is -0.497 e. The summed E-state index contributed by atoms with van der Waals surface area (Å²) >= 11 is 0. The zero-order chi connectivity index (χ0) is 57.9. The van der Waals surface area contributed by atoms with Crippen LogP contribution in [0.25, 0.3) is 0 Å². The molecule has 21 nitrogen and oxygen atoms in total. The first-order valence-corrected chi connectivity index (χ1v) is 27.1. The summed E-state index contributed by atoms with van der Waals surface area (Å²) < 4.78 is 45.6. The number of nitrogens with one attached hydrogen (secondary N) is 3. The highest BCUT2D eigenvalue weighted by molar-refractivity contribution is 5.94. The van der Waals surface area contributed by atoms with Crippen molar-refractivity contribution in [3.8, 4) is 5.75 Å². The smallest absolute Gasteiger partial charge is 0.408 e. The second kappa shape index (κ2) is 30.9. The first kappa shape index (κ1) is 64.5. The summed E-state index contributed by atoms with van der Waals surface area (Å²) in [5.74, 6) is -4.26. The van der Waals surface area contributed by atoms with Crippen molar-refractivity contribution < 1.29 is 76.6 Å².